The van der Waals surface area contributed by atoms with Crippen LogP contribution in [-0.4, -0.2) is 33.8 Å². The van der Waals surface area contributed by atoms with Crippen molar-refractivity contribution in [2.75, 3.05) is 6.54 Å². The van der Waals surface area contributed by atoms with Gasteiger partial charge in [0.15, 0.2) is 0 Å². The van der Waals surface area contributed by atoms with Crippen LogP contribution in [0.4, 0.5) is 13.2 Å². The van der Waals surface area contributed by atoms with Crippen molar-refractivity contribution in [1.82, 2.24) is 15.8 Å². The molecule has 0 amide bonds. The summed E-state index contributed by atoms with van der Waals surface area (Å²) in [5.74, 6) is -0.453. The number of hydrogen-bond donors (Lipinski definition) is 4. The Kier molecular flexibility index (Phi) is 5.76. The van der Waals surface area contributed by atoms with Gasteiger partial charge in [-0.2, -0.15) is 13.2 Å². The topological polar surface area (TPSA) is 84.8 Å². The van der Waals surface area contributed by atoms with E-state index < -0.39 is 29.9 Å². The molecule has 10 heteroatoms. The van der Waals surface area contributed by atoms with E-state index in [9.17, 15) is 23.1 Å². The van der Waals surface area contributed by atoms with Crippen molar-refractivity contribution in [2.45, 2.75) is 44.0 Å². The van der Waals surface area contributed by atoms with Crippen LogP contribution >= 0.6 is 11.6 Å². The molecule has 1 aliphatic carbocycles. The number of aliphatic hydroxyl groups is 1. The van der Waals surface area contributed by atoms with Crippen LogP contribution in [0.3, 0.4) is 0 Å². The fraction of sp³-hybridized carbons (Fsp3) is 0.381. The number of rotatable bonds is 4. The van der Waals surface area contributed by atoms with Crippen LogP contribution in [-0.2, 0) is 11.0 Å². The number of carboxylic acids is 1. The third kappa shape index (κ3) is 4.05. The minimum Gasteiger partial charge on any atom is -0.478 e. The lowest BCUT2D eigenvalue weighted by Crippen LogP contribution is -2.44. The normalized spacial score (nSPS) is 22.5. The zero-order chi connectivity index (χ0) is 22.3. The highest BCUT2D eigenvalue weighted by atomic mass is 35.5. The van der Waals surface area contributed by atoms with E-state index in [0.29, 0.717) is 18.7 Å². The van der Waals surface area contributed by atoms with Crippen LogP contribution in [0.5, 0.6) is 0 Å². The fourth-order valence-corrected chi connectivity index (χ4v) is 4.60. The second kappa shape index (κ2) is 8.22. The average Bonchev–Trinajstić information content (AvgIpc) is 3.12. The summed E-state index contributed by atoms with van der Waals surface area (Å²) in [6.07, 6.45) is 0.000608. The smallest absolute Gasteiger partial charge is 0.416 e. The van der Waals surface area contributed by atoms with E-state index in [2.05, 4.69) is 10.7 Å². The number of carboxylic acid groups (broad SMARTS) is 1. The number of alkyl halides is 3. The average molecular weight is 456 g/mol. The van der Waals surface area contributed by atoms with Crippen molar-refractivity contribution in [3.05, 3.63) is 69.2 Å². The molecule has 0 spiro atoms. The van der Waals surface area contributed by atoms with Gasteiger partial charge in [-0.05, 0) is 55.5 Å². The molecule has 2 aliphatic heterocycles. The van der Waals surface area contributed by atoms with Crippen molar-refractivity contribution in [1.29, 1.82) is 0 Å². The summed E-state index contributed by atoms with van der Waals surface area (Å²) in [5.41, 5.74) is 3.72. The molecule has 2 atom stereocenters. The first-order valence-corrected chi connectivity index (χ1v) is 10.3. The van der Waals surface area contributed by atoms with Crippen LogP contribution in [0.25, 0.3) is 0 Å². The Labute approximate surface area is 181 Å². The number of halogens is 4. The SMILES string of the molecule is O=C(O)C1=CC=C(N2NC(C(O)c3c(Cl)cccc3C(F)(F)F)C3=C2CCCC3)NC1. The lowest BCUT2D eigenvalue weighted by Gasteiger charge is -2.30. The number of dihydropyridines is 1. The van der Waals surface area contributed by atoms with Crippen LogP contribution in [0.1, 0.15) is 42.9 Å². The first-order valence-electron chi connectivity index (χ1n) is 9.88. The summed E-state index contributed by atoms with van der Waals surface area (Å²) >= 11 is 6.11. The van der Waals surface area contributed by atoms with Crippen LogP contribution in [0.15, 0.2) is 53.0 Å². The van der Waals surface area contributed by atoms with Crippen LogP contribution in [0.2, 0.25) is 5.02 Å². The second-order valence-electron chi connectivity index (χ2n) is 7.67. The third-order valence-corrected chi connectivity index (χ3v) is 6.11. The van der Waals surface area contributed by atoms with Crippen molar-refractivity contribution in [3.63, 3.8) is 0 Å². The summed E-state index contributed by atoms with van der Waals surface area (Å²) in [6, 6.07) is 2.67. The van der Waals surface area contributed by atoms with Crippen LogP contribution < -0.4 is 10.7 Å². The predicted molar refractivity (Wildman–Crippen MR) is 107 cm³/mol. The van der Waals surface area contributed by atoms with Crippen LogP contribution in [0, 0.1) is 0 Å². The number of nitrogens with zero attached hydrogens (tertiary/aromatic N) is 1. The van der Waals surface area contributed by atoms with E-state index in [1.807, 2.05) is 0 Å². The molecule has 0 aromatic heterocycles. The maximum atomic E-state index is 13.6. The molecule has 6 nitrogen and oxygen atoms in total. The van der Waals surface area contributed by atoms with E-state index in [0.717, 1.165) is 30.2 Å². The first-order chi connectivity index (χ1) is 14.7. The van der Waals surface area contributed by atoms with Gasteiger partial charge in [-0.1, -0.05) is 17.7 Å². The lowest BCUT2D eigenvalue weighted by atomic mass is 9.87. The lowest BCUT2D eigenvalue weighted by molar-refractivity contribution is -0.139. The van der Waals surface area contributed by atoms with E-state index in [1.165, 1.54) is 18.2 Å². The summed E-state index contributed by atoms with van der Waals surface area (Å²) in [4.78, 5) is 11.1. The minimum absolute atomic E-state index is 0.109. The summed E-state index contributed by atoms with van der Waals surface area (Å²) in [5, 5.41) is 24.8. The van der Waals surface area contributed by atoms with Gasteiger partial charge in [0.05, 0.1) is 17.2 Å². The molecule has 166 valence electrons. The van der Waals surface area contributed by atoms with E-state index >= 15 is 0 Å². The Bertz CT molecular complexity index is 1000. The molecule has 0 saturated heterocycles. The van der Waals surface area contributed by atoms with Gasteiger partial charge in [0, 0.05) is 22.8 Å². The van der Waals surface area contributed by atoms with E-state index in [4.69, 9.17) is 16.7 Å². The number of hydrazine groups is 1. The Morgan fingerprint density at radius 2 is 1.97 bits per heavy atom. The zero-order valence-corrected chi connectivity index (χ0v) is 17.1. The Morgan fingerprint density at radius 3 is 2.61 bits per heavy atom. The summed E-state index contributed by atoms with van der Waals surface area (Å²) < 4.78 is 40.8. The molecule has 0 fully saturated rings. The number of hydrogen-bond acceptors (Lipinski definition) is 5. The molecule has 2 unspecified atom stereocenters. The number of allylic oxidation sites excluding steroid dienone is 3. The molecule has 4 rings (SSSR count). The van der Waals surface area contributed by atoms with Gasteiger partial charge in [0.1, 0.15) is 11.9 Å². The first kappa shape index (κ1) is 21.7. The molecular formula is C21H21ClF3N3O3. The highest BCUT2D eigenvalue weighted by Crippen LogP contribution is 2.44. The van der Waals surface area contributed by atoms with Gasteiger partial charge >= 0.3 is 12.1 Å². The highest BCUT2D eigenvalue weighted by Gasteiger charge is 2.43. The zero-order valence-electron chi connectivity index (χ0n) is 16.3. The maximum absolute atomic E-state index is 13.6. The van der Waals surface area contributed by atoms with Crippen molar-refractivity contribution in [2.24, 2.45) is 0 Å². The molecule has 2 heterocycles. The molecule has 31 heavy (non-hydrogen) atoms. The van der Waals surface area contributed by atoms with E-state index in [1.54, 1.807) is 11.1 Å². The molecule has 0 radical (unpaired) electrons. The number of aliphatic hydroxyl groups excluding tert-OH is 1. The van der Waals surface area contributed by atoms with Gasteiger partial charge in [-0.3, -0.25) is 5.01 Å². The standard InChI is InChI=1S/C21H21ClF3N3O3/c22-14-6-3-5-13(21(23,24)25)17(14)19(29)18-12-4-1-2-7-15(12)28(27-18)16-9-8-11(10-26-16)20(30)31/h3,5-6,8-9,18-19,26-27,29H,1-2,4,7,10H2,(H,30,31). The molecular weight excluding hydrogens is 435 g/mol. The maximum Gasteiger partial charge on any atom is 0.416 e. The van der Waals surface area contributed by atoms with Gasteiger partial charge in [0.25, 0.3) is 0 Å². The summed E-state index contributed by atoms with van der Waals surface area (Å²) in [7, 11) is 0. The number of benzene rings is 1. The fourth-order valence-electron chi connectivity index (χ4n) is 4.31. The Hall–Kier alpha value is -2.49. The van der Waals surface area contributed by atoms with Crippen molar-refractivity contribution in [3.8, 4) is 0 Å². The predicted octanol–water partition coefficient (Wildman–Crippen LogP) is 3.86. The van der Waals surface area contributed by atoms with Gasteiger partial charge in [-0.25, -0.2) is 10.2 Å². The van der Waals surface area contributed by atoms with Gasteiger partial charge < -0.3 is 15.5 Å². The molecule has 0 bridgehead atoms. The molecule has 4 N–H and O–H groups in total. The Balaban J connectivity index is 1.70. The number of nitrogens with one attached hydrogen (secondary N) is 2. The summed E-state index contributed by atoms with van der Waals surface area (Å²) in [6.45, 7) is 0.109. The molecule has 1 aromatic rings. The molecule has 3 aliphatic rings. The van der Waals surface area contributed by atoms with E-state index in [-0.39, 0.29) is 22.7 Å². The van der Waals surface area contributed by atoms with Crippen molar-refractivity contribution >= 4 is 17.6 Å². The largest absolute Gasteiger partial charge is 0.478 e. The highest BCUT2D eigenvalue weighted by molar-refractivity contribution is 6.31. The quantitative estimate of drug-likeness (QED) is 0.551. The third-order valence-electron chi connectivity index (χ3n) is 5.78. The number of carbonyl (C=O) groups is 1. The second-order valence-corrected chi connectivity index (χ2v) is 8.07. The minimum atomic E-state index is -4.66. The molecule has 1 aromatic carbocycles. The van der Waals surface area contributed by atoms with Gasteiger partial charge in [0.2, 0.25) is 0 Å². The van der Waals surface area contributed by atoms with Gasteiger partial charge in [-0.15, -0.1) is 0 Å². The Morgan fingerprint density at radius 1 is 1.23 bits per heavy atom. The monoisotopic (exact) mass is 455 g/mol. The molecule has 0 saturated carbocycles. The number of aliphatic carboxylic acids is 1. The van der Waals surface area contributed by atoms with Crippen molar-refractivity contribution < 1.29 is 28.2 Å².